The third kappa shape index (κ3) is 3.59. The van der Waals surface area contributed by atoms with Crippen molar-refractivity contribution in [3.05, 3.63) is 29.8 Å². The van der Waals surface area contributed by atoms with E-state index >= 15 is 0 Å². The Labute approximate surface area is 109 Å². The van der Waals surface area contributed by atoms with Gasteiger partial charge in [-0.05, 0) is 37.0 Å². The Morgan fingerprint density at radius 1 is 1.33 bits per heavy atom. The molecule has 0 saturated heterocycles. The summed E-state index contributed by atoms with van der Waals surface area (Å²) in [6, 6.07) is 8.11. The number of Topliss-reactive ketones (excluding diaryl/α,β-unsaturated/α-hetero) is 1. The van der Waals surface area contributed by atoms with Crippen molar-refractivity contribution in [2.45, 2.75) is 45.4 Å². The maximum atomic E-state index is 11.9. The molecule has 0 bridgehead atoms. The highest BCUT2D eigenvalue weighted by Gasteiger charge is 2.21. The van der Waals surface area contributed by atoms with Crippen LogP contribution >= 0.6 is 0 Å². The van der Waals surface area contributed by atoms with Crippen LogP contribution in [0, 0.1) is 5.92 Å². The van der Waals surface area contributed by atoms with E-state index in [9.17, 15) is 4.79 Å². The number of hydrogen-bond acceptors (Lipinski definition) is 2. The molecule has 98 valence electrons. The van der Waals surface area contributed by atoms with Gasteiger partial charge in [0.1, 0.15) is 11.5 Å². The maximum Gasteiger partial charge on any atom is 0.139 e. The van der Waals surface area contributed by atoms with Crippen molar-refractivity contribution in [1.29, 1.82) is 0 Å². The lowest BCUT2D eigenvalue weighted by molar-refractivity contribution is -0.123. The molecule has 0 spiro atoms. The molecule has 2 nitrogen and oxygen atoms in total. The molecule has 0 N–H and O–H groups in total. The molecular formula is C16H22O2. The first-order chi connectivity index (χ1) is 8.79. The fourth-order valence-corrected chi connectivity index (χ4v) is 2.58. The summed E-state index contributed by atoms with van der Waals surface area (Å²) in [5.74, 6) is 1.59. The lowest BCUT2D eigenvalue weighted by atomic mass is 10.0. The van der Waals surface area contributed by atoms with Crippen molar-refractivity contribution in [2.24, 2.45) is 5.92 Å². The molecule has 0 amide bonds. The highest BCUT2D eigenvalue weighted by Crippen LogP contribution is 2.26. The molecule has 2 heteroatoms. The van der Waals surface area contributed by atoms with E-state index in [4.69, 9.17) is 4.74 Å². The monoisotopic (exact) mass is 246 g/mol. The molecule has 1 aromatic carbocycles. The van der Waals surface area contributed by atoms with E-state index in [0.29, 0.717) is 24.7 Å². The highest BCUT2D eigenvalue weighted by atomic mass is 16.5. The second-order valence-corrected chi connectivity index (χ2v) is 5.05. The van der Waals surface area contributed by atoms with Crippen molar-refractivity contribution >= 4 is 5.78 Å². The van der Waals surface area contributed by atoms with Gasteiger partial charge >= 0.3 is 0 Å². The van der Waals surface area contributed by atoms with Gasteiger partial charge in [0.05, 0.1) is 6.61 Å². The van der Waals surface area contributed by atoms with Gasteiger partial charge in [0.15, 0.2) is 0 Å². The first-order valence-electron chi connectivity index (χ1n) is 7.04. The van der Waals surface area contributed by atoms with E-state index < -0.39 is 0 Å². The van der Waals surface area contributed by atoms with Gasteiger partial charge in [-0.1, -0.05) is 31.9 Å². The van der Waals surface area contributed by atoms with Gasteiger partial charge in [0.2, 0.25) is 0 Å². The Hall–Kier alpha value is -1.31. The number of carbonyl (C=O) groups excluding carboxylic acids is 1. The van der Waals surface area contributed by atoms with Crippen molar-refractivity contribution in [3.63, 3.8) is 0 Å². The maximum absolute atomic E-state index is 11.9. The Balaban J connectivity index is 1.75. The molecule has 0 aliphatic heterocycles. The van der Waals surface area contributed by atoms with Crippen LogP contribution < -0.4 is 4.74 Å². The van der Waals surface area contributed by atoms with Gasteiger partial charge in [-0.25, -0.2) is 0 Å². The zero-order valence-corrected chi connectivity index (χ0v) is 11.2. The summed E-state index contributed by atoms with van der Waals surface area (Å²) in [7, 11) is 0. The second-order valence-electron chi connectivity index (χ2n) is 5.05. The van der Waals surface area contributed by atoms with Gasteiger partial charge in [0, 0.05) is 12.3 Å². The molecule has 1 aliphatic rings. The van der Waals surface area contributed by atoms with Gasteiger partial charge in [-0.2, -0.15) is 0 Å². The Morgan fingerprint density at radius 2 is 2.11 bits per heavy atom. The molecule has 1 aromatic rings. The predicted octanol–water partition coefficient (Wildman–Crippen LogP) is 3.78. The Bertz CT molecular complexity index is 392. The van der Waals surface area contributed by atoms with Crippen LogP contribution in [0.15, 0.2) is 24.3 Å². The lowest BCUT2D eigenvalue weighted by Crippen LogP contribution is -2.14. The fraction of sp³-hybridized carbons (Fsp3) is 0.562. The minimum atomic E-state index is 0.315. The minimum Gasteiger partial charge on any atom is -0.493 e. The molecule has 2 rings (SSSR count). The van der Waals surface area contributed by atoms with Crippen LogP contribution in [0.3, 0.4) is 0 Å². The van der Waals surface area contributed by atoms with Crippen LogP contribution in [0.2, 0.25) is 0 Å². The molecule has 0 heterocycles. The average Bonchev–Trinajstić information content (AvgIpc) is 2.93. The number of aryl methyl sites for hydroxylation is 1. The smallest absolute Gasteiger partial charge is 0.139 e. The number of rotatable bonds is 6. The van der Waals surface area contributed by atoms with E-state index in [-0.39, 0.29) is 0 Å². The van der Waals surface area contributed by atoms with E-state index in [1.54, 1.807) is 0 Å². The molecule has 0 atom stereocenters. The number of benzene rings is 1. The summed E-state index contributed by atoms with van der Waals surface area (Å²) in [5, 5.41) is 0. The highest BCUT2D eigenvalue weighted by molar-refractivity contribution is 5.81. The van der Waals surface area contributed by atoms with Gasteiger partial charge in [-0.3, -0.25) is 4.79 Å². The third-order valence-corrected chi connectivity index (χ3v) is 3.73. The number of carbonyl (C=O) groups is 1. The van der Waals surface area contributed by atoms with Gasteiger partial charge in [-0.15, -0.1) is 0 Å². The summed E-state index contributed by atoms with van der Waals surface area (Å²) >= 11 is 0. The number of hydrogen-bond donors (Lipinski definition) is 0. The van der Waals surface area contributed by atoms with Crippen LogP contribution in [0.4, 0.5) is 0 Å². The van der Waals surface area contributed by atoms with Crippen LogP contribution in [0.1, 0.15) is 44.6 Å². The third-order valence-electron chi connectivity index (χ3n) is 3.73. The van der Waals surface area contributed by atoms with Crippen LogP contribution in [-0.2, 0) is 11.2 Å². The zero-order chi connectivity index (χ0) is 12.8. The normalized spacial score (nSPS) is 15.8. The average molecular weight is 246 g/mol. The standard InChI is InChI=1S/C16H22O2/c1-2-13-6-5-9-15(12-13)18-11-10-16(17)14-7-3-4-8-14/h5-6,9,12,14H,2-4,7-8,10-11H2,1H3. The van der Waals surface area contributed by atoms with Crippen LogP contribution in [-0.4, -0.2) is 12.4 Å². The molecule has 0 aromatic heterocycles. The van der Waals surface area contributed by atoms with Crippen LogP contribution in [0.5, 0.6) is 5.75 Å². The molecule has 0 unspecified atom stereocenters. The zero-order valence-electron chi connectivity index (χ0n) is 11.2. The van der Waals surface area contributed by atoms with Gasteiger partial charge in [0.25, 0.3) is 0 Å². The quantitative estimate of drug-likeness (QED) is 0.763. The molecule has 1 aliphatic carbocycles. The van der Waals surface area contributed by atoms with E-state index in [2.05, 4.69) is 19.1 Å². The molecule has 0 radical (unpaired) electrons. The summed E-state index contributed by atoms with van der Waals surface area (Å²) in [4.78, 5) is 11.9. The van der Waals surface area contributed by atoms with E-state index in [1.165, 1.54) is 18.4 Å². The molecule has 1 saturated carbocycles. The summed E-state index contributed by atoms with van der Waals surface area (Å²) in [6.07, 6.45) is 6.18. The summed E-state index contributed by atoms with van der Waals surface area (Å²) < 4.78 is 5.66. The van der Waals surface area contributed by atoms with E-state index in [1.807, 2.05) is 12.1 Å². The first-order valence-corrected chi connectivity index (χ1v) is 7.04. The fourth-order valence-electron chi connectivity index (χ4n) is 2.58. The van der Waals surface area contributed by atoms with Crippen LogP contribution in [0.25, 0.3) is 0 Å². The predicted molar refractivity (Wildman–Crippen MR) is 72.9 cm³/mol. The first kappa shape index (κ1) is 13.1. The SMILES string of the molecule is CCc1cccc(OCCC(=O)C2CCCC2)c1. The van der Waals surface area contributed by atoms with Gasteiger partial charge < -0.3 is 4.74 Å². The van der Waals surface area contributed by atoms with E-state index in [0.717, 1.165) is 25.0 Å². The van der Waals surface area contributed by atoms with Crippen molar-refractivity contribution in [3.8, 4) is 5.75 Å². The second kappa shape index (κ2) is 6.58. The topological polar surface area (TPSA) is 26.3 Å². The minimum absolute atomic E-state index is 0.315. The summed E-state index contributed by atoms with van der Waals surface area (Å²) in [5.41, 5.74) is 1.27. The number of ketones is 1. The largest absolute Gasteiger partial charge is 0.493 e. The molecule has 18 heavy (non-hydrogen) atoms. The van der Waals surface area contributed by atoms with Crippen molar-refractivity contribution in [1.82, 2.24) is 0 Å². The number of ether oxygens (including phenoxy) is 1. The Morgan fingerprint density at radius 3 is 2.83 bits per heavy atom. The molecule has 1 fully saturated rings. The van der Waals surface area contributed by atoms with Crippen molar-refractivity contribution < 1.29 is 9.53 Å². The lowest BCUT2D eigenvalue weighted by Gasteiger charge is -2.09. The summed E-state index contributed by atoms with van der Waals surface area (Å²) in [6.45, 7) is 2.64. The Kier molecular flexibility index (Phi) is 4.80. The molecular weight excluding hydrogens is 224 g/mol. The van der Waals surface area contributed by atoms with Crippen molar-refractivity contribution in [2.75, 3.05) is 6.61 Å².